The van der Waals surface area contributed by atoms with Crippen molar-refractivity contribution < 1.29 is 24.0 Å². The Bertz CT molecular complexity index is 1060. The van der Waals surface area contributed by atoms with Gasteiger partial charge in [0.05, 0.1) is 17.1 Å². The molecule has 0 aliphatic carbocycles. The smallest absolute Gasteiger partial charge is 0.341 e. The van der Waals surface area contributed by atoms with Crippen LogP contribution in [-0.2, 0) is 21.5 Å². The van der Waals surface area contributed by atoms with E-state index in [9.17, 15) is 19.7 Å². The number of esters is 1. The summed E-state index contributed by atoms with van der Waals surface area (Å²) in [5.41, 5.74) is 0.322. The number of nitro benzene ring substituents is 1. The molecular formula is C22H27N3O6S. The number of nitrogens with one attached hydrogen (secondary N) is 2. The van der Waals surface area contributed by atoms with Crippen molar-refractivity contribution in [3.63, 3.8) is 0 Å². The molecule has 0 fully saturated rings. The van der Waals surface area contributed by atoms with Crippen molar-refractivity contribution in [3.05, 3.63) is 50.4 Å². The number of ether oxygens (including phenoxy) is 2. The molecule has 0 radical (unpaired) electrons. The number of thiophene rings is 1. The maximum Gasteiger partial charge on any atom is 0.341 e. The highest BCUT2D eigenvalue weighted by Crippen LogP contribution is 2.45. The lowest BCUT2D eigenvalue weighted by atomic mass is 9.81. The van der Waals surface area contributed by atoms with Crippen LogP contribution in [0, 0.1) is 10.1 Å². The van der Waals surface area contributed by atoms with Gasteiger partial charge < -0.3 is 20.1 Å². The molecule has 1 aromatic heterocycles. The van der Waals surface area contributed by atoms with Gasteiger partial charge >= 0.3 is 11.7 Å². The third-order valence-electron chi connectivity index (χ3n) is 5.00. The molecule has 9 nitrogen and oxygen atoms in total. The summed E-state index contributed by atoms with van der Waals surface area (Å²) in [5, 5.41) is 17.8. The number of para-hydroxylation sites is 2. The largest absolute Gasteiger partial charge is 0.477 e. The summed E-state index contributed by atoms with van der Waals surface area (Å²) in [6.45, 7) is 9.67. The normalized spacial score (nSPS) is 16.0. The van der Waals surface area contributed by atoms with Gasteiger partial charge in [-0.2, -0.15) is 0 Å². The van der Waals surface area contributed by atoms with Gasteiger partial charge in [0.15, 0.2) is 12.4 Å². The van der Waals surface area contributed by atoms with Crippen molar-refractivity contribution in [2.75, 3.05) is 18.5 Å². The molecule has 1 aromatic carbocycles. The van der Waals surface area contributed by atoms with Gasteiger partial charge in [0.25, 0.3) is 5.91 Å². The van der Waals surface area contributed by atoms with Crippen LogP contribution in [-0.4, -0.2) is 35.6 Å². The fourth-order valence-electron chi connectivity index (χ4n) is 4.07. The summed E-state index contributed by atoms with van der Waals surface area (Å²) >= 11 is 1.32. The zero-order valence-corrected chi connectivity index (χ0v) is 19.6. The predicted molar refractivity (Wildman–Crippen MR) is 121 cm³/mol. The fraction of sp³-hybridized carbons (Fsp3) is 0.455. The lowest BCUT2D eigenvalue weighted by Crippen LogP contribution is -2.55. The number of carbonyl (C=O) groups is 2. The number of fused-ring (bicyclic) bond motifs is 1. The number of anilines is 1. The first kappa shape index (κ1) is 23.7. The van der Waals surface area contributed by atoms with E-state index in [2.05, 4.69) is 24.5 Å². The molecule has 0 unspecified atom stereocenters. The van der Waals surface area contributed by atoms with E-state index < -0.39 is 28.9 Å². The van der Waals surface area contributed by atoms with Crippen molar-refractivity contribution in [3.8, 4) is 5.75 Å². The number of nitrogens with zero attached hydrogens (tertiary/aromatic N) is 1. The first-order chi connectivity index (χ1) is 14.9. The maximum atomic E-state index is 12.8. The monoisotopic (exact) mass is 461 g/mol. The lowest BCUT2D eigenvalue weighted by Gasteiger charge is -2.42. The summed E-state index contributed by atoms with van der Waals surface area (Å²) in [6.07, 6.45) is 0.596. The van der Waals surface area contributed by atoms with Crippen LogP contribution in [0.25, 0.3) is 0 Å². The van der Waals surface area contributed by atoms with E-state index in [0.29, 0.717) is 17.0 Å². The molecule has 1 aliphatic heterocycles. The van der Waals surface area contributed by atoms with E-state index in [1.165, 1.54) is 29.5 Å². The molecule has 2 N–H and O–H groups in total. The van der Waals surface area contributed by atoms with Crippen molar-refractivity contribution in [2.24, 2.45) is 0 Å². The number of rotatable bonds is 7. The van der Waals surface area contributed by atoms with Crippen molar-refractivity contribution in [2.45, 2.75) is 52.1 Å². The average Bonchev–Trinajstić information content (AvgIpc) is 3.03. The van der Waals surface area contributed by atoms with Crippen molar-refractivity contribution in [1.29, 1.82) is 0 Å². The van der Waals surface area contributed by atoms with Gasteiger partial charge in [0.2, 0.25) is 0 Å². The van der Waals surface area contributed by atoms with Crippen molar-refractivity contribution in [1.82, 2.24) is 5.32 Å². The molecule has 0 bridgehead atoms. The van der Waals surface area contributed by atoms with Gasteiger partial charge in [-0.1, -0.05) is 12.1 Å². The first-order valence-corrected chi connectivity index (χ1v) is 11.1. The number of benzene rings is 1. The predicted octanol–water partition coefficient (Wildman–Crippen LogP) is 4.01. The van der Waals surface area contributed by atoms with Crippen LogP contribution < -0.4 is 15.4 Å². The van der Waals surface area contributed by atoms with Crippen LogP contribution in [0.5, 0.6) is 5.75 Å². The minimum absolute atomic E-state index is 0.00387. The van der Waals surface area contributed by atoms with Gasteiger partial charge in [0.1, 0.15) is 5.00 Å². The quantitative estimate of drug-likeness (QED) is 0.363. The Morgan fingerprint density at radius 2 is 1.94 bits per heavy atom. The molecule has 2 aromatic rings. The van der Waals surface area contributed by atoms with E-state index in [0.717, 1.165) is 10.4 Å². The molecule has 0 saturated carbocycles. The minimum atomic E-state index is -0.573. The number of nitro groups is 1. The fourth-order valence-corrected chi connectivity index (χ4v) is 5.35. The van der Waals surface area contributed by atoms with Crippen molar-refractivity contribution >= 4 is 33.9 Å². The Kier molecular flexibility index (Phi) is 6.56. The van der Waals surface area contributed by atoms with E-state index in [-0.39, 0.29) is 23.6 Å². The molecule has 3 rings (SSSR count). The second kappa shape index (κ2) is 8.87. The second-order valence-corrected chi connectivity index (χ2v) is 9.73. The zero-order chi connectivity index (χ0) is 23.7. The van der Waals surface area contributed by atoms with Crippen LogP contribution in [0.4, 0.5) is 10.7 Å². The Labute approximate surface area is 190 Å². The maximum absolute atomic E-state index is 12.8. The molecule has 2 heterocycles. The van der Waals surface area contributed by atoms with E-state index in [4.69, 9.17) is 9.47 Å². The molecular weight excluding hydrogens is 434 g/mol. The average molecular weight is 462 g/mol. The summed E-state index contributed by atoms with van der Waals surface area (Å²) < 4.78 is 10.7. The molecule has 172 valence electrons. The van der Waals surface area contributed by atoms with E-state index >= 15 is 0 Å². The van der Waals surface area contributed by atoms with Gasteiger partial charge in [-0.3, -0.25) is 14.9 Å². The van der Waals surface area contributed by atoms with Crippen LogP contribution >= 0.6 is 11.3 Å². The Balaban J connectivity index is 1.88. The Morgan fingerprint density at radius 1 is 1.25 bits per heavy atom. The van der Waals surface area contributed by atoms with Gasteiger partial charge in [-0.15, -0.1) is 11.3 Å². The number of hydrogen-bond donors (Lipinski definition) is 2. The minimum Gasteiger partial charge on any atom is -0.477 e. The highest BCUT2D eigenvalue weighted by Gasteiger charge is 2.42. The van der Waals surface area contributed by atoms with Crippen LogP contribution in [0.1, 0.15) is 55.4 Å². The lowest BCUT2D eigenvalue weighted by molar-refractivity contribution is -0.385. The summed E-state index contributed by atoms with van der Waals surface area (Å²) in [7, 11) is 0. The number of hydrogen-bond acceptors (Lipinski definition) is 8. The van der Waals surface area contributed by atoms with Gasteiger partial charge in [-0.25, -0.2) is 4.79 Å². The van der Waals surface area contributed by atoms with Crippen LogP contribution in [0.2, 0.25) is 0 Å². The van der Waals surface area contributed by atoms with Gasteiger partial charge in [-0.05, 0) is 52.7 Å². The molecule has 32 heavy (non-hydrogen) atoms. The molecule has 1 aliphatic rings. The van der Waals surface area contributed by atoms with E-state index in [1.807, 2.05) is 13.8 Å². The summed E-state index contributed by atoms with van der Waals surface area (Å²) in [5.74, 6) is -1.03. The highest BCUT2D eigenvalue weighted by atomic mass is 32.1. The SMILES string of the molecule is CCOC(=O)c1c(NC(=O)COc2ccccc2[N+](=O)[O-])sc2c1CC(C)(C)NC2(C)C. The third-order valence-corrected chi connectivity index (χ3v) is 6.47. The molecule has 10 heteroatoms. The highest BCUT2D eigenvalue weighted by molar-refractivity contribution is 7.17. The zero-order valence-electron chi connectivity index (χ0n) is 18.7. The van der Waals surface area contributed by atoms with Crippen LogP contribution in [0.15, 0.2) is 24.3 Å². The topological polar surface area (TPSA) is 120 Å². The Morgan fingerprint density at radius 3 is 2.59 bits per heavy atom. The standard InChI is InChI=1S/C22H27N3O6S/c1-6-30-20(27)17-13-11-21(2,3)24-22(4,5)18(13)32-19(17)23-16(26)12-31-15-10-8-7-9-14(15)25(28)29/h7-10,24H,6,11-12H2,1-5H3,(H,23,26). The van der Waals surface area contributed by atoms with Gasteiger partial charge in [0, 0.05) is 22.0 Å². The molecule has 0 atom stereocenters. The van der Waals surface area contributed by atoms with Crippen LogP contribution in [0.3, 0.4) is 0 Å². The number of amides is 1. The third kappa shape index (κ3) is 4.91. The Hall–Kier alpha value is -2.98. The first-order valence-electron chi connectivity index (χ1n) is 10.2. The molecule has 1 amide bonds. The number of carbonyl (C=O) groups excluding carboxylic acids is 2. The summed E-state index contributed by atoms with van der Waals surface area (Å²) in [6, 6.07) is 5.83. The second-order valence-electron chi connectivity index (χ2n) is 8.71. The molecule has 0 spiro atoms. The summed E-state index contributed by atoms with van der Waals surface area (Å²) in [4.78, 5) is 37.0. The van der Waals surface area contributed by atoms with E-state index in [1.54, 1.807) is 13.0 Å². The molecule has 0 saturated heterocycles.